The fourth-order valence-corrected chi connectivity index (χ4v) is 3.40. The van der Waals surface area contributed by atoms with Crippen LogP contribution in [0.3, 0.4) is 0 Å². The van der Waals surface area contributed by atoms with Gasteiger partial charge in [0.05, 0.1) is 28.9 Å². The number of aromatic nitrogens is 2. The van der Waals surface area contributed by atoms with Crippen LogP contribution in [0.25, 0.3) is 16.6 Å². The summed E-state index contributed by atoms with van der Waals surface area (Å²) in [5.74, 6) is -1.29. The molecule has 3 aromatic rings. The number of nitrogens with zero attached hydrogens (tertiary/aromatic N) is 3. The molecule has 0 saturated carbocycles. The van der Waals surface area contributed by atoms with E-state index in [0.717, 1.165) is 11.8 Å². The van der Waals surface area contributed by atoms with Crippen molar-refractivity contribution in [2.75, 3.05) is 26.4 Å². The fraction of sp³-hybridized carbons (Fsp3) is 0.200. The van der Waals surface area contributed by atoms with E-state index in [9.17, 15) is 18.8 Å². The summed E-state index contributed by atoms with van der Waals surface area (Å²) in [4.78, 5) is 42.6. The normalized spacial score (nSPS) is 10.7. The van der Waals surface area contributed by atoms with Crippen molar-refractivity contribution in [1.82, 2.24) is 19.8 Å². The summed E-state index contributed by atoms with van der Waals surface area (Å²) in [7, 11) is 3.19. The molecule has 0 spiro atoms. The van der Waals surface area contributed by atoms with Gasteiger partial charge in [0.15, 0.2) is 5.16 Å². The number of benzene rings is 2. The molecule has 2 amide bonds. The number of halogens is 1. The van der Waals surface area contributed by atoms with Crippen molar-refractivity contribution in [3.63, 3.8) is 0 Å². The summed E-state index contributed by atoms with van der Waals surface area (Å²) in [6.07, 6.45) is 0. The largest absolute Gasteiger partial charge is 0.347 e. The van der Waals surface area contributed by atoms with E-state index in [1.54, 1.807) is 44.4 Å². The van der Waals surface area contributed by atoms with Crippen LogP contribution < -0.4 is 10.9 Å². The van der Waals surface area contributed by atoms with Gasteiger partial charge >= 0.3 is 0 Å². The zero-order valence-electron chi connectivity index (χ0n) is 15.9. The monoisotopic (exact) mass is 414 g/mol. The van der Waals surface area contributed by atoms with E-state index in [4.69, 9.17) is 0 Å². The molecular weight excluding hydrogens is 395 g/mol. The first-order valence-electron chi connectivity index (χ1n) is 8.75. The molecule has 1 heterocycles. The third-order valence-corrected chi connectivity index (χ3v) is 5.04. The van der Waals surface area contributed by atoms with E-state index in [0.29, 0.717) is 10.9 Å². The third kappa shape index (κ3) is 4.62. The average Bonchev–Trinajstić information content (AvgIpc) is 2.71. The van der Waals surface area contributed by atoms with Gasteiger partial charge in [-0.15, -0.1) is 0 Å². The van der Waals surface area contributed by atoms with E-state index in [1.807, 2.05) is 0 Å². The molecule has 0 aliphatic carbocycles. The molecule has 0 bridgehead atoms. The lowest BCUT2D eigenvalue weighted by Crippen LogP contribution is -2.37. The molecule has 29 heavy (non-hydrogen) atoms. The van der Waals surface area contributed by atoms with E-state index >= 15 is 0 Å². The second kappa shape index (κ2) is 8.87. The van der Waals surface area contributed by atoms with Crippen LogP contribution in [-0.2, 0) is 9.59 Å². The Morgan fingerprint density at radius 2 is 1.83 bits per heavy atom. The third-order valence-electron chi connectivity index (χ3n) is 4.11. The Hall–Kier alpha value is -3.20. The maximum atomic E-state index is 14.4. The van der Waals surface area contributed by atoms with Gasteiger partial charge in [-0.2, -0.15) is 0 Å². The van der Waals surface area contributed by atoms with Gasteiger partial charge in [0.1, 0.15) is 5.82 Å². The number of fused-ring (bicyclic) bond motifs is 1. The summed E-state index contributed by atoms with van der Waals surface area (Å²) < 4.78 is 15.6. The van der Waals surface area contributed by atoms with Crippen molar-refractivity contribution in [1.29, 1.82) is 0 Å². The van der Waals surface area contributed by atoms with Gasteiger partial charge in [-0.1, -0.05) is 36.0 Å². The number of amides is 2. The minimum atomic E-state index is -0.574. The summed E-state index contributed by atoms with van der Waals surface area (Å²) in [6.45, 7) is -0.127. The quantitative estimate of drug-likeness (QED) is 0.491. The SMILES string of the molecule is CN(C)C(=O)CNC(=O)CSc1nc2ccccc2c(=O)n1-c1ccccc1F. The van der Waals surface area contributed by atoms with Crippen molar-refractivity contribution in [3.05, 3.63) is 64.7 Å². The Kier molecular flexibility index (Phi) is 6.28. The summed E-state index contributed by atoms with van der Waals surface area (Å²) >= 11 is 0.996. The molecule has 2 aromatic carbocycles. The van der Waals surface area contributed by atoms with Crippen LogP contribution in [-0.4, -0.2) is 52.7 Å². The van der Waals surface area contributed by atoms with Crippen molar-refractivity contribution in [3.8, 4) is 5.69 Å². The molecule has 0 aliphatic rings. The van der Waals surface area contributed by atoms with Gasteiger partial charge < -0.3 is 10.2 Å². The van der Waals surface area contributed by atoms with Gasteiger partial charge in [-0.05, 0) is 24.3 Å². The highest BCUT2D eigenvalue weighted by Gasteiger charge is 2.17. The lowest BCUT2D eigenvalue weighted by atomic mass is 10.2. The zero-order chi connectivity index (χ0) is 21.0. The Morgan fingerprint density at radius 1 is 1.14 bits per heavy atom. The Labute approximate surface area is 170 Å². The highest BCUT2D eigenvalue weighted by atomic mass is 32.2. The van der Waals surface area contributed by atoms with Gasteiger partial charge in [0.25, 0.3) is 5.56 Å². The smallest absolute Gasteiger partial charge is 0.266 e. The first kappa shape index (κ1) is 20.5. The molecule has 7 nitrogen and oxygen atoms in total. The average molecular weight is 414 g/mol. The van der Waals surface area contributed by atoms with Crippen LogP contribution in [0.4, 0.5) is 4.39 Å². The molecule has 0 unspecified atom stereocenters. The molecule has 9 heteroatoms. The minimum absolute atomic E-state index is 0.0569. The Bertz CT molecular complexity index is 1130. The number of hydrogen-bond donors (Lipinski definition) is 1. The summed E-state index contributed by atoms with van der Waals surface area (Å²) in [5.41, 5.74) is 0.0867. The highest BCUT2D eigenvalue weighted by Crippen LogP contribution is 2.22. The van der Waals surface area contributed by atoms with Crippen molar-refractivity contribution in [2.45, 2.75) is 5.16 Å². The number of carbonyl (C=O) groups excluding carboxylic acids is 2. The predicted molar refractivity (Wildman–Crippen MR) is 110 cm³/mol. The van der Waals surface area contributed by atoms with Crippen molar-refractivity contribution < 1.29 is 14.0 Å². The van der Waals surface area contributed by atoms with E-state index < -0.39 is 17.3 Å². The molecule has 0 aliphatic heterocycles. The number of likely N-dealkylation sites (N-methyl/N-ethyl adjacent to an activating group) is 1. The number of nitrogens with one attached hydrogen (secondary N) is 1. The molecule has 0 atom stereocenters. The molecule has 150 valence electrons. The fourth-order valence-electron chi connectivity index (χ4n) is 2.57. The number of rotatable bonds is 6. The standard InChI is InChI=1S/C20H19FN4O3S/c1-24(2)18(27)11-22-17(26)12-29-20-23-15-9-5-3-7-13(15)19(28)25(20)16-10-6-4-8-14(16)21/h3-10H,11-12H2,1-2H3,(H,22,26). The summed E-state index contributed by atoms with van der Waals surface area (Å²) in [6, 6.07) is 12.6. The minimum Gasteiger partial charge on any atom is -0.347 e. The van der Waals surface area contributed by atoms with Crippen LogP contribution >= 0.6 is 11.8 Å². The van der Waals surface area contributed by atoms with Crippen molar-refractivity contribution >= 4 is 34.5 Å². The van der Waals surface area contributed by atoms with Crippen LogP contribution in [0.1, 0.15) is 0 Å². The number of para-hydroxylation sites is 2. The maximum Gasteiger partial charge on any atom is 0.266 e. The van der Waals surface area contributed by atoms with E-state index in [2.05, 4.69) is 10.3 Å². The van der Waals surface area contributed by atoms with E-state index in [-0.39, 0.29) is 29.0 Å². The topological polar surface area (TPSA) is 84.3 Å². The maximum absolute atomic E-state index is 14.4. The van der Waals surface area contributed by atoms with Crippen LogP contribution in [0.15, 0.2) is 58.5 Å². The van der Waals surface area contributed by atoms with Crippen LogP contribution in [0.2, 0.25) is 0 Å². The highest BCUT2D eigenvalue weighted by molar-refractivity contribution is 7.99. The summed E-state index contributed by atoms with van der Waals surface area (Å²) in [5, 5.41) is 3.05. The Morgan fingerprint density at radius 3 is 2.55 bits per heavy atom. The molecular formula is C20H19FN4O3S. The van der Waals surface area contributed by atoms with E-state index in [1.165, 1.54) is 27.7 Å². The van der Waals surface area contributed by atoms with Gasteiger partial charge in [-0.3, -0.25) is 19.0 Å². The second-order valence-electron chi connectivity index (χ2n) is 6.36. The Balaban J connectivity index is 1.93. The molecule has 3 rings (SSSR count). The number of thioether (sulfide) groups is 1. The van der Waals surface area contributed by atoms with Gasteiger partial charge in [-0.25, -0.2) is 9.37 Å². The lowest BCUT2D eigenvalue weighted by molar-refractivity contribution is -0.130. The van der Waals surface area contributed by atoms with Gasteiger partial charge in [0.2, 0.25) is 11.8 Å². The predicted octanol–water partition coefficient (Wildman–Crippen LogP) is 1.82. The molecule has 1 N–H and O–H groups in total. The first-order chi connectivity index (χ1) is 13.9. The molecule has 0 radical (unpaired) electrons. The van der Waals surface area contributed by atoms with Crippen LogP contribution in [0, 0.1) is 5.82 Å². The second-order valence-corrected chi connectivity index (χ2v) is 7.30. The molecule has 1 aromatic heterocycles. The lowest BCUT2D eigenvalue weighted by Gasteiger charge is -2.14. The number of hydrogen-bond acceptors (Lipinski definition) is 5. The zero-order valence-corrected chi connectivity index (χ0v) is 16.7. The van der Waals surface area contributed by atoms with Crippen LogP contribution in [0.5, 0.6) is 0 Å². The van der Waals surface area contributed by atoms with Gasteiger partial charge in [0, 0.05) is 14.1 Å². The van der Waals surface area contributed by atoms with Crippen molar-refractivity contribution in [2.24, 2.45) is 0 Å². The molecule has 0 saturated heterocycles. The first-order valence-corrected chi connectivity index (χ1v) is 9.73. The molecule has 0 fully saturated rings. The number of carbonyl (C=O) groups is 2.